The van der Waals surface area contributed by atoms with Crippen molar-refractivity contribution in [3.8, 4) is 0 Å². The van der Waals surface area contributed by atoms with Crippen LogP contribution in [0.4, 0.5) is 5.82 Å². The molecule has 19 heavy (non-hydrogen) atoms. The van der Waals surface area contributed by atoms with Crippen LogP contribution in [0.3, 0.4) is 0 Å². The molecule has 4 nitrogen and oxygen atoms in total. The lowest BCUT2D eigenvalue weighted by Crippen LogP contribution is -2.46. The number of aromatic nitrogens is 2. The summed E-state index contributed by atoms with van der Waals surface area (Å²) in [6, 6.07) is 0.390. The van der Waals surface area contributed by atoms with Gasteiger partial charge in [-0.1, -0.05) is 20.8 Å². The fourth-order valence-electron chi connectivity index (χ4n) is 4.28. The molecule has 1 aromatic rings. The smallest absolute Gasteiger partial charge is 0.266 e. The van der Waals surface area contributed by atoms with Crippen LogP contribution in [0.15, 0.2) is 11.1 Å². The molecule has 1 aromatic heterocycles. The third-order valence-electron chi connectivity index (χ3n) is 5.35. The minimum Gasteiger partial charge on any atom is -0.365 e. The third kappa shape index (κ3) is 1.92. The van der Waals surface area contributed by atoms with Crippen LogP contribution in [0.25, 0.3) is 0 Å². The van der Waals surface area contributed by atoms with Gasteiger partial charge in [-0.3, -0.25) is 4.79 Å². The summed E-state index contributed by atoms with van der Waals surface area (Å²) in [6.45, 7) is 7.07. The summed E-state index contributed by atoms with van der Waals surface area (Å²) in [4.78, 5) is 18.6. The van der Waals surface area contributed by atoms with Crippen LogP contribution >= 0.6 is 22.6 Å². The summed E-state index contributed by atoms with van der Waals surface area (Å²) in [5, 5.41) is 3.57. The predicted octanol–water partition coefficient (Wildman–Crippen LogP) is 3.00. The van der Waals surface area contributed by atoms with Crippen molar-refractivity contribution < 1.29 is 0 Å². The molecule has 0 aliphatic heterocycles. The van der Waals surface area contributed by atoms with E-state index in [4.69, 9.17) is 0 Å². The largest absolute Gasteiger partial charge is 0.365 e. The molecule has 0 spiro atoms. The van der Waals surface area contributed by atoms with Crippen molar-refractivity contribution >= 4 is 28.4 Å². The van der Waals surface area contributed by atoms with Gasteiger partial charge in [0.1, 0.15) is 9.39 Å². The number of fused-ring (bicyclic) bond motifs is 2. The second-order valence-electron chi connectivity index (χ2n) is 6.89. The SMILES string of the molecule is CC12CCC(C1)C(C)(C)C2Nc1nc[nH]c(=O)c1I. The lowest BCUT2D eigenvalue weighted by Gasteiger charge is -2.43. The molecule has 2 bridgehead atoms. The number of nitrogens with zero attached hydrogens (tertiary/aromatic N) is 1. The number of halogens is 1. The molecule has 3 rings (SSSR count). The molecule has 0 radical (unpaired) electrons. The Bertz CT molecular complexity index is 563. The molecule has 0 saturated heterocycles. The van der Waals surface area contributed by atoms with Gasteiger partial charge in [0.2, 0.25) is 0 Å². The Labute approximate surface area is 126 Å². The lowest BCUT2D eigenvalue weighted by atomic mass is 9.68. The lowest BCUT2D eigenvalue weighted by molar-refractivity contribution is 0.155. The maximum Gasteiger partial charge on any atom is 0.266 e. The first-order chi connectivity index (χ1) is 8.84. The fourth-order valence-corrected chi connectivity index (χ4v) is 4.73. The number of aromatic amines is 1. The molecule has 104 valence electrons. The quantitative estimate of drug-likeness (QED) is 0.784. The van der Waals surface area contributed by atoms with Crippen molar-refractivity contribution in [1.82, 2.24) is 9.97 Å². The van der Waals surface area contributed by atoms with Crippen LogP contribution in [0.5, 0.6) is 0 Å². The number of rotatable bonds is 2. The van der Waals surface area contributed by atoms with Crippen molar-refractivity contribution in [2.45, 2.75) is 46.1 Å². The van der Waals surface area contributed by atoms with E-state index in [0.29, 0.717) is 15.0 Å². The van der Waals surface area contributed by atoms with Gasteiger partial charge in [-0.15, -0.1) is 0 Å². The van der Waals surface area contributed by atoms with Gasteiger partial charge >= 0.3 is 0 Å². The highest BCUT2D eigenvalue weighted by Crippen LogP contribution is 2.63. The van der Waals surface area contributed by atoms with E-state index >= 15 is 0 Å². The highest BCUT2D eigenvalue weighted by molar-refractivity contribution is 14.1. The second-order valence-corrected chi connectivity index (χ2v) is 7.97. The first kappa shape index (κ1) is 13.4. The van der Waals surface area contributed by atoms with Gasteiger partial charge in [0.15, 0.2) is 0 Å². The summed E-state index contributed by atoms with van der Waals surface area (Å²) in [6.07, 6.45) is 5.38. The third-order valence-corrected chi connectivity index (χ3v) is 6.35. The van der Waals surface area contributed by atoms with Gasteiger partial charge in [0.25, 0.3) is 5.56 Å². The van der Waals surface area contributed by atoms with E-state index in [-0.39, 0.29) is 11.0 Å². The van der Waals surface area contributed by atoms with Gasteiger partial charge in [-0.2, -0.15) is 0 Å². The van der Waals surface area contributed by atoms with Gasteiger partial charge in [0.05, 0.1) is 6.33 Å². The zero-order valence-electron chi connectivity index (χ0n) is 11.6. The van der Waals surface area contributed by atoms with Crippen molar-refractivity contribution in [2.75, 3.05) is 5.32 Å². The first-order valence-electron chi connectivity index (χ1n) is 6.84. The van der Waals surface area contributed by atoms with E-state index in [1.165, 1.54) is 25.6 Å². The van der Waals surface area contributed by atoms with E-state index in [0.717, 1.165) is 11.7 Å². The van der Waals surface area contributed by atoms with Crippen molar-refractivity contribution in [2.24, 2.45) is 16.7 Å². The van der Waals surface area contributed by atoms with Crippen LogP contribution in [0.2, 0.25) is 0 Å². The fraction of sp³-hybridized carbons (Fsp3) is 0.714. The Balaban J connectivity index is 1.95. The average molecular weight is 373 g/mol. The van der Waals surface area contributed by atoms with Gasteiger partial charge in [0, 0.05) is 6.04 Å². The summed E-state index contributed by atoms with van der Waals surface area (Å²) >= 11 is 2.07. The van der Waals surface area contributed by atoms with Crippen LogP contribution in [0.1, 0.15) is 40.0 Å². The summed E-state index contributed by atoms with van der Waals surface area (Å²) < 4.78 is 0.655. The van der Waals surface area contributed by atoms with Crippen molar-refractivity contribution in [1.29, 1.82) is 0 Å². The molecular formula is C14H20IN3O. The monoisotopic (exact) mass is 373 g/mol. The molecule has 3 atom stereocenters. The highest BCUT2D eigenvalue weighted by atomic mass is 127. The maximum absolute atomic E-state index is 11.7. The molecule has 5 heteroatoms. The standard InChI is InChI=1S/C14H20IN3O/c1-13(2)8-4-5-14(3,6-8)12(13)18-10-9(15)11(19)17-7-16-10/h7-8,12H,4-6H2,1-3H3,(H2,16,17,18,19). The predicted molar refractivity (Wildman–Crippen MR) is 84.2 cm³/mol. The Kier molecular flexibility index (Phi) is 2.96. The molecule has 2 N–H and O–H groups in total. The molecular weight excluding hydrogens is 353 g/mol. The van der Waals surface area contributed by atoms with Crippen LogP contribution in [-0.2, 0) is 0 Å². The minimum atomic E-state index is -0.0655. The molecule has 3 unspecified atom stereocenters. The molecule has 2 saturated carbocycles. The Morgan fingerprint density at radius 3 is 2.84 bits per heavy atom. The van der Waals surface area contributed by atoms with Gasteiger partial charge in [-0.05, 0) is 58.6 Å². The number of nitrogens with one attached hydrogen (secondary N) is 2. The molecule has 2 aliphatic carbocycles. The Morgan fingerprint density at radius 1 is 1.47 bits per heavy atom. The molecule has 2 fully saturated rings. The van der Waals surface area contributed by atoms with E-state index < -0.39 is 0 Å². The molecule has 0 amide bonds. The topological polar surface area (TPSA) is 57.8 Å². The van der Waals surface area contributed by atoms with Crippen LogP contribution in [0, 0.1) is 20.3 Å². The van der Waals surface area contributed by atoms with Crippen molar-refractivity contribution in [3.05, 3.63) is 20.3 Å². The molecule has 1 heterocycles. The zero-order valence-corrected chi connectivity index (χ0v) is 13.7. The number of hydrogen-bond donors (Lipinski definition) is 2. The zero-order chi connectivity index (χ0) is 13.8. The first-order valence-corrected chi connectivity index (χ1v) is 7.92. The van der Waals surface area contributed by atoms with E-state index in [1.54, 1.807) is 0 Å². The van der Waals surface area contributed by atoms with Gasteiger partial charge in [-0.25, -0.2) is 4.98 Å². The van der Waals surface area contributed by atoms with Crippen molar-refractivity contribution in [3.63, 3.8) is 0 Å². The molecule has 2 aliphatic rings. The van der Waals surface area contributed by atoms with E-state index in [9.17, 15) is 4.79 Å². The summed E-state index contributed by atoms with van der Waals surface area (Å²) in [7, 11) is 0. The second kappa shape index (κ2) is 4.20. The van der Waals surface area contributed by atoms with E-state index in [1.807, 2.05) is 0 Å². The Hall–Kier alpha value is -0.590. The summed E-state index contributed by atoms with van der Waals surface area (Å²) in [5.74, 6) is 1.52. The maximum atomic E-state index is 11.7. The minimum absolute atomic E-state index is 0.0655. The average Bonchev–Trinajstić information content (AvgIpc) is 2.81. The number of H-pyrrole nitrogens is 1. The van der Waals surface area contributed by atoms with Gasteiger partial charge < -0.3 is 10.3 Å². The normalized spacial score (nSPS) is 35.6. The highest BCUT2D eigenvalue weighted by Gasteiger charge is 2.59. The Morgan fingerprint density at radius 2 is 2.21 bits per heavy atom. The van der Waals surface area contributed by atoms with Crippen LogP contribution in [-0.4, -0.2) is 16.0 Å². The summed E-state index contributed by atoms with van der Waals surface area (Å²) in [5.41, 5.74) is 0.534. The van der Waals surface area contributed by atoms with Crippen LogP contribution < -0.4 is 10.9 Å². The molecule has 0 aromatic carbocycles. The number of hydrogen-bond acceptors (Lipinski definition) is 3. The van der Waals surface area contributed by atoms with E-state index in [2.05, 4.69) is 58.6 Å². The number of anilines is 1.